The molecular formula is C21H19N5O. The fourth-order valence-corrected chi connectivity index (χ4v) is 2.88. The summed E-state index contributed by atoms with van der Waals surface area (Å²) in [5.41, 5.74) is 5.75. The van der Waals surface area contributed by atoms with E-state index < -0.39 is 0 Å². The molecule has 6 heteroatoms. The quantitative estimate of drug-likeness (QED) is 0.728. The van der Waals surface area contributed by atoms with Crippen LogP contribution in [0.25, 0.3) is 0 Å². The molecule has 0 saturated carbocycles. The molecule has 2 aromatic carbocycles. The Kier molecular flexibility index (Phi) is 5.13. The fraction of sp³-hybridized carbons (Fsp3) is 0.143. The first-order valence-electron chi connectivity index (χ1n) is 8.44. The van der Waals surface area contributed by atoms with Gasteiger partial charge in [0.15, 0.2) is 0 Å². The Bertz CT molecular complexity index is 1010. The number of hydrogen-bond acceptors (Lipinski definition) is 5. The zero-order valence-corrected chi connectivity index (χ0v) is 15.4. The minimum Gasteiger partial charge on any atom is -0.340 e. The Hall–Kier alpha value is -3.72. The predicted octanol–water partition coefficient (Wildman–Crippen LogP) is 4.27. The fourth-order valence-electron chi connectivity index (χ4n) is 2.88. The van der Waals surface area contributed by atoms with Crippen LogP contribution in [0.3, 0.4) is 0 Å². The highest BCUT2D eigenvalue weighted by molar-refractivity contribution is 6.03. The van der Waals surface area contributed by atoms with E-state index >= 15 is 0 Å². The van der Waals surface area contributed by atoms with E-state index in [-0.39, 0.29) is 11.6 Å². The minimum absolute atomic E-state index is 0.249. The van der Waals surface area contributed by atoms with Gasteiger partial charge in [0.2, 0.25) is 0 Å². The van der Waals surface area contributed by atoms with Crippen molar-refractivity contribution in [1.29, 1.82) is 5.26 Å². The van der Waals surface area contributed by atoms with Crippen molar-refractivity contribution in [3.8, 4) is 6.07 Å². The molecule has 0 bridgehead atoms. The van der Waals surface area contributed by atoms with Crippen LogP contribution in [0.2, 0.25) is 0 Å². The van der Waals surface area contributed by atoms with Gasteiger partial charge < -0.3 is 10.6 Å². The Morgan fingerprint density at radius 2 is 1.67 bits per heavy atom. The van der Waals surface area contributed by atoms with Gasteiger partial charge in [0.25, 0.3) is 5.91 Å². The van der Waals surface area contributed by atoms with Crippen LogP contribution >= 0.6 is 0 Å². The molecule has 0 aliphatic carbocycles. The monoisotopic (exact) mass is 357 g/mol. The van der Waals surface area contributed by atoms with Crippen LogP contribution in [0.5, 0.6) is 0 Å². The number of amides is 1. The van der Waals surface area contributed by atoms with E-state index in [0.717, 1.165) is 16.8 Å². The summed E-state index contributed by atoms with van der Waals surface area (Å²) in [6.07, 6.45) is 1.36. The molecular weight excluding hydrogens is 338 g/mol. The lowest BCUT2D eigenvalue weighted by Gasteiger charge is -2.13. The van der Waals surface area contributed by atoms with Crippen molar-refractivity contribution < 1.29 is 4.79 Å². The second kappa shape index (κ2) is 7.67. The maximum Gasteiger partial charge on any atom is 0.274 e. The maximum atomic E-state index is 12.5. The number of carbonyl (C=O) groups is 1. The average molecular weight is 357 g/mol. The van der Waals surface area contributed by atoms with Crippen LogP contribution in [-0.4, -0.2) is 15.9 Å². The molecule has 0 aliphatic rings. The van der Waals surface area contributed by atoms with Crippen LogP contribution in [0.1, 0.15) is 32.7 Å². The molecule has 134 valence electrons. The Balaban J connectivity index is 1.79. The smallest absolute Gasteiger partial charge is 0.274 e. The van der Waals surface area contributed by atoms with Gasteiger partial charge in [-0.3, -0.25) is 4.79 Å². The molecule has 6 nitrogen and oxygen atoms in total. The van der Waals surface area contributed by atoms with Gasteiger partial charge in [-0.2, -0.15) is 5.26 Å². The first-order chi connectivity index (χ1) is 13.0. The van der Waals surface area contributed by atoms with E-state index in [1.165, 1.54) is 11.9 Å². The van der Waals surface area contributed by atoms with Gasteiger partial charge in [0.05, 0.1) is 11.6 Å². The summed E-state index contributed by atoms with van der Waals surface area (Å²) < 4.78 is 0. The van der Waals surface area contributed by atoms with E-state index in [0.29, 0.717) is 17.1 Å². The molecule has 0 saturated heterocycles. The van der Waals surface area contributed by atoms with Gasteiger partial charge in [-0.05, 0) is 56.2 Å². The van der Waals surface area contributed by atoms with Gasteiger partial charge in [-0.1, -0.05) is 17.7 Å². The minimum atomic E-state index is -0.345. The summed E-state index contributed by atoms with van der Waals surface area (Å²) in [6, 6.07) is 14.5. The second-order valence-electron chi connectivity index (χ2n) is 6.33. The Labute approximate surface area is 157 Å². The largest absolute Gasteiger partial charge is 0.340 e. The van der Waals surface area contributed by atoms with Gasteiger partial charge in [0, 0.05) is 17.4 Å². The Morgan fingerprint density at radius 1 is 1.00 bits per heavy atom. The summed E-state index contributed by atoms with van der Waals surface area (Å²) >= 11 is 0. The molecule has 27 heavy (non-hydrogen) atoms. The molecule has 0 radical (unpaired) electrons. The molecule has 0 atom stereocenters. The number of nitrogens with one attached hydrogen (secondary N) is 2. The maximum absolute atomic E-state index is 12.5. The number of nitrogens with zero attached hydrogens (tertiary/aromatic N) is 3. The summed E-state index contributed by atoms with van der Waals surface area (Å²) in [7, 11) is 0. The molecule has 3 aromatic rings. The van der Waals surface area contributed by atoms with Gasteiger partial charge >= 0.3 is 0 Å². The van der Waals surface area contributed by atoms with Crippen LogP contribution in [0.4, 0.5) is 17.2 Å². The van der Waals surface area contributed by atoms with Gasteiger partial charge in [0.1, 0.15) is 17.8 Å². The van der Waals surface area contributed by atoms with E-state index in [9.17, 15) is 4.79 Å². The first kappa shape index (κ1) is 18.1. The molecule has 3 rings (SSSR count). The van der Waals surface area contributed by atoms with Crippen molar-refractivity contribution in [2.24, 2.45) is 0 Å². The number of aryl methyl sites for hydroxylation is 3. The van der Waals surface area contributed by atoms with Crippen LogP contribution in [0, 0.1) is 32.1 Å². The van der Waals surface area contributed by atoms with E-state index in [4.69, 9.17) is 5.26 Å². The van der Waals surface area contributed by atoms with Crippen molar-refractivity contribution >= 4 is 23.1 Å². The lowest BCUT2D eigenvalue weighted by molar-refractivity contribution is 0.102. The van der Waals surface area contributed by atoms with Crippen molar-refractivity contribution in [3.63, 3.8) is 0 Å². The lowest BCUT2D eigenvalue weighted by Crippen LogP contribution is -2.14. The summed E-state index contributed by atoms with van der Waals surface area (Å²) in [6.45, 7) is 6.12. The molecule has 0 aliphatic heterocycles. The number of rotatable bonds is 4. The van der Waals surface area contributed by atoms with Crippen LogP contribution in [-0.2, 0) is 0 Å². The number of benzene rings is 2. The Morgan fingerprint density at radius 3 is 2.30 bits per heavy atom. The molecule has 0 fully saturated rings. The highest BCUT2D eigenvalue weighted by Gasteiger charge is 2.11. The van der Waals surface area contributed by atoms with Crippen LogP contribution in [0.15, 0.2) is 48.8 Å². The summed E-state index contributed by atoms with van der Waals surface area (Å²) in [4.78, 5) is 20.7. The number of anilines is 3. The molecule has 0 spiro atoms. The van der Waals surface area contributed by atoms with Crippen LogP contribution < -0.4 is 10.6 Å². The van der Waals surface area contributed by atoms with E-state index in [2.05, 4.69) is 39.7 Å². The molecule has 1 amide bonds. The normalized spacial score (nSPS) is 10.1. The topological polar surface area (TPSA) is 90.7 Å². The number of hydrogen-bond donors (Lipinski definition) is 2. The highest BCUT2D eigenvalue weighted by atomic mass is 16.1. The number of carbonyl (C=O) groups excluding carboxylic acids is 1. The molecule has 1 heterocycles. The average Bonchev–Trinajstić information content (AvgIpc) is 2.65. The zero-order chi connectivity index (χ0) is 19.4. The number of nitriles is 1. The third kappa shape index (κ3) is 4.28. The van der Waals surface area contributed by atoms with Gasteiger partial charge in [-0.25, -0.2) is 9.97 Å². The second-order valence-corrected chi connectivity index (χ2v) is 6.33. The molecule has 0 unspecified atom stereocenters. The van der Waals surface area contributed by atoms with Crippen molar-refractivity contribution in [2.75, 3.05) is 10.6 Å². The summed E-state index contributed by atoms with van der Waals surface area (Å²) in [5.74, 6) is 0.201. The van der Waals surface area contributed by atoms with Crippen molar-refractivity contribution in [1.82, 2.24) is 9.97 Å². The standard InChI is InChI=1S/C21H19N5O/c1-13-8-14(2)20(15(3)9-13)26-19-10-18(23-12-24-19)21(27)25-17-6-4-16(11-22)5-7-17/h4-10,12H,1-3H3,(H,25,27)(H,23,24,26). The lowest BCUT2D eigenvalue weighted by atomic mass is 10.1. The highest BCUT2D eigenvalue weighted by Crippen LogP contribution is 2.25. The van der Waals surface area contributed by atoms with E-state index in [1.807, 2.05) is 19.9 Å². The predicted molar refractivity (Wildman–Crippen MR) is 105 cm³/mol. The van der Waals surface area contributed by atoms with E-state index in [1.54, 1.807) is 30.3 Å². The first-order valence-corrected chi connectivity index (χ1v) is 8.44. The van der Waals surface area contributed by atoms with Crippen molar-refractivity contribution in [3.05, 3.63) is 76.7 Å². The number of aromatic nitrogens is 2. The summed E-state index contributed by atoms with van der Waals surface area (Å²) in [5, 5.41) is 14.9. The molecule has 2 N–H and O–H groups in total. The SMILES string of the molecule is Cc1cc(C)c(Nc2cc(C(=O)Nc3ccc(C#N)cc3)ncn2)c(C)c1. The third-order valence-electron chi connectivity index (χ3n) is 4.10. The third-order valence-corrected chi connectivity index (χ3v) is 4.10. The van der Waals surface area contributed by atoms with Crippen molar-refractivity contribution in [2.45, 2.75) is 20.8 Å². The molecule has 1 aromatic heterocycles. The zero-order valence-electron chi connectivity index (χ0n) is 15.4. The van der Waals surface area contributed by atoms with Gasteiger partial charge in [-0.15, -0.1) is 0 Å².